The number of nitrogens with zero attached hydrogens (tertiary/aromatic N) is 3. The Labute approximate surface area is 117 Å². The maximum absolute atomic E-state index is 11.2. The third kappa shape index (κ3) is 2.02. The minimum atomic E-state index is -2.86. The summed E-state index contributed by atoms with van der Waals surface area (Å²) in [6.45, 7) is 2.46. The van der Waals surface area contributed by atoms with Crippen molar-refractivity contribution in [2.75, 3.05) is 16.6 Å². The number of anilines is 1. The van der Waals surface area contributed by atoms with Crippen molar-refractivity contribution in [1.29, 1.82) is 0 Å². The highest BCUT2D eigenvalue weighted by molar-refractivity contribution is 8.25. The third-order valence-corrected chi connectivity index (χ3v) is 5.69. The molecule has 3 N–H and O–H groups in total. The average molecular weight is 303 g/mol. The Morgan fingerprint density at radius 1 is 1.50 bits per heavy atom. The fourth-order valence-corrected chi connectivity index (χ4v) is 4.28. The smallest absolute Gasteiger partial charge is 0.407 e. The first-order chi connectivity index (χ1) is 9.40. The van der Waals surface area contributed by atoms with Gasteiger partial charge in [0.05, 0.1) is 23.6 Å². The van der Waals surface area contributed by atoms with Gasteiger partial charge >= 0.3 is 6.09 Å². The lowest BCUT2D eigenvalue weighted by Crippen LogP contribution is -2.42. The van der Waals surface area contributed by atoms with Gasteiger partial charge in [0, 0.05) is 19.0 Å². The maximum Gasteiger partial charge on any atom is 0.407 e. The van der Waals surface area contributed by atoms with Gasteiger partial charge in [-0.2, -0.15) is 0 Å². The van der Waals surface area contributed by atoms with E-state index in [-0.39, 0.29) is 12.6 Å². The largest absolute Gasteiger partial charge is 0.465 e. The van der Waals surface area contributed by atoms with E-state index in [0.717, 1.165) is 0 Å². The molecule has 20 heavy (non-hydrogen) atoms. The summed E-state index contributed by atoms with van der Waals surface area (Å²) in [5.41, 5.74) is 1.35. The van der Waals surface area contributed by atoms with Crippen LogP contribution in [0.4, 0.5) is 10.7 Å². The van der Waals surface area contributed by atoms with Crippen LogP contribution in [0.15, 0.2) is 4.52 Å². The molecule has 3 rings (SSSR count). The zero-order valence-corrected chi connectivity index (χ0v) is 11.8. The lowest BCUT2D eigenvalue weighted by molar-refractivity contribution is 0.119. The number of carbonyl (C=O) groups is 1. The number of aromatic nitrogens is 1. The Morgan fingerprint density at radius 3 is 2.85 bits per heavy atom. The normalized spacial score (nSPS) is 26.4. The van der Waals surface area contributed by atoms with Gasteiger partial charge in [0.15, 0.2) is 0 Å². The van der Waals surface area contributed by atoms with Crippen molar-refractivity contribution in [3.63, 3.8) is 0 Å². The molecule has 1 amide bonds. The molecule has 0 unspecified atom stereocenters. The summed E-state index contributed by atoms with van der Waals surface area (Å²) in [6.07, 6.45) is 0.137. The second-order valence-corrected chi connectivity index (χ2v) is 7.28. The van der Waals surface area contributed by atoms with Crippen molar-refractivity contribution in [2.45, 2.75) is 32.4 Å². The molecule has 1 saturated heterocycles. The van der Waals surface area contributed by atoms with Gasteiger partial charge in [0.2, 0.25) is 0 Å². The zero-order chi connectivity index (χ0) is 14.5. The number of carboxylic acid groups (broad SMARTS) is 1. The monoisotopic (exact) mass is 303 g/mol. The fraction of sp³-hybridized carbons (Fsp3) is 0.636. The number of rotatable bonds is 1. The molecule has 1 aromatic heterocycles. The second kappa shape index (κ2) is 4.54. The molecule has 0 aromatic carbocycles. The van der Waals surface area contributed by atoms with Crippen LogP contribution in [-0.4, -0.2) is 48.7 Å². The van der Waals surface area contributed by atoms with Crippen LogP contribution in [0.2, 0.25) is 0 Å². The van der Waals surface area contributed by atoms with Crippen LogP contribution in [0.1, 0.15) is 24.6 Å². The molecule has 1 fully saturated rings. The molecule has 0 radical (unpaired) electrons. The minimum Gasteiger partial charge on any atom is -0.465 e. The van der Waals surface area contributed by atoms with Gasteiger partial charge in [-0.05, 0) is 13.3 Å². The summed E-state index contributed by atoms with van der Waals surface area (Å²) in [5, 5.41) is 13.2. The SMILES string of the molecule is C[C@H]1Cc2noc(N3CCCS3(O)O)c2CN1C(=O)O. The molecule has 2 aliphatic heterocycles. The molecule has 0 saturated carbocycles. The number of hydrogen-bond acceptors (Lipinski definition) is 6. The van der Waals surface area contributed by atoms with Crippen molar-refractivity contribution in [3.05, 3.63) is 11.3 Å². The first-order valence-electron chi connectivity index (χ1n) is 6.41. The van der Waals surface area contributed by atoms with E-state index in [1.165, 1.54) is 9.21 Å². The van der Waals surface area contributed by atoms with E-state index in [0.29, 0.717) is 42.3 Å². The number of hydrogen-bond donors (Lipinski definition) is 3. The van der Waals surface area contributed by atoms with Crippen molar-refractivity contribution >= 4 is 22.8 Å². The Balaban J connectivity index is 1.95. The predicted octanol–water partition coefficient (Wildman–Crippen LogP) is 1.97. The molecule has 2 aliphatic rings. The molecular weight excluding hydrogens is 286 g/mol. The lowest BCUT2D eigenvalue weighted by Gasteiger charge is -2.37. The summed E-state index contributed by atoms with van der Waals surface area (Å²) >= 11 is 0. The highest BCUT2D eigenvalue weighted by atomic mass is 32.3. The Kier molecular flexibility index (Phi) is 3.07. The highest BCUT2D eigenvalue weighted by Gasteiger charge is 2.38. The first kappa shape index (κ1) is 13.5. The van der Waals surface area contributed by atoms with Gasteiger partial charge in [-0.15, -0.1) is 10.8 Å². The molecule has 9 heteroatoms. The van der Waals surface area contributed by atoms with Crippen LogP contribution in [0.5, 0.6) is 0 Å². The van der Waals surface area contributed by atoms with E-state index >= 15 is 0 Å². The highest BCUT2D eigenvalue weighted by Crippen LogP contribution is 2.52. The van der Waals surface area contributed by atoms with Gasteiger partial charge in [-0.1, -0.05) is 5.16 Å². The van der Waals surface area contributed by atoms with Crippen LogP contribution in [0, 0.1) is 0 Å². The predicted molar refractivity (Wildman–Crippen MR) is 72.9 cm³/mol. The van der Waals surface area contributed by atoms with Gasteiger partial charge in [-0.3, -0.25) is 9.11 Å². The van der Waals surface area contributed by atoms with E-state index in [4.69, 9.17) is 4.52 Å². The quantitative estimate of drug-likeness (QED) is 0.727. The fourth-order valence-electron chi connectivity index (χ4n) is 2.71. The van der Waals surface area contributed by atoms with Crippen LogP contribution in [0.3, 0.4) is 0 Å². The van der Waals surface area contributed by atoms with Crippen molar-refractivity contribution in [3.8, 4) is 0 Å². The van der Waals surface area contributed by atoms with Crippen LogP contribution < -0.4 is 4.31 Å². The van der Waals surface area contributed by atoms with E-state index < -0.39 is 16.9 Å². The van der Waals surface area contributed by atoms with Crippen molar-refractivity contribution < 1.29 is 23.5 Å². The minimum absolute atomic E-state index is 0.163. The van der Waals surface area contributed by atoms with Gasteiger partial charge in [-0.25, -0.2) is 9.10 Å². The molecule has 8 nitrogen and oxygen atoms in total. The molecule has 3 heterocycles. The summed E-state index contributed by atoms with van der Waals surface area (Å²) in [5.74, 6) is 0.609. The van der Waals surface area contributed by atoms with E-state index in [2.05, 4.69) is 5.16 Å². The maximum atomic E-state index is 11.2. The summed E-state index contributed by atoms with van der Waals surface area (Å²) in [6, 6.07) is -0.170. The van der Waals surface area contributed by atoms with Crippen molar-refractivity contribution in [1.82, 2.24) is 10.1 Å². The topological polar surface area (TPSA) is 110 Å². The van der Waals surface area contributed by atoms with E-state index in [1.54, 1.807) is 0 Å². The Morgan fingerprint density at radius 2 is 2.25 bits per heavy atom. The van der Waals surface area contributed by atoms with Crippen molar-refractivity contribution in [2.24, 2.45) is 0 Å². The zero-order valence-electron chi connectivity index (χ0n) is 11.0. The van der Waals surface area contributed by atoms with Crippen LogP contribution in [-0.2, 0) is 13.0 Å². The average Bonchev–Trinajstić information content (AvgIpc) is 2.90. The Bertz CT molecular complexity index is 546. The lowest BCUT2D eigenvalue weighted by atomic mass is 10.0. The van der Waals surface area contributed by atoms with Crippen LogP contribution in [0.25, 0.3) is 0 Å². The van der Waals surface area contributed by atoms with Gasteiger partial charge in [0.25, 0.3) is 5.88 Å². The first-order valence-corrected chi connectivity index (χ1v) is 8.08. The standard InChI is InChI=1S/C11H17N3O5S/c1-7-5-9-8(6-13(7)11(15)16)10(19-12-9)14-3-2-4-20(14,17)18/h7,17-18H,2-6H2,1H3,(H,15,16)/t7-/m0/s1. The summed E-state index contributed by atoms with van der Waals surface area (Å²) in [4.78, 5) is 12.5. The summed E-state index contributed by atoms with van der Waals surface area (Å²) < 4.78 is 26.7. The molecule has 1 aromatic rings. The van der Waals surface area contributed by atoms with Gasteiger partial charge in [0.1, 0.15) is 0 Å². The second-order valence-electron chi connectivity index (χ2n) is 5.17. The number of amides is 1. The third-order valence-electron chi connectivity index (χ3n) is 3.80. The van der Waals surface area contributed by atoms with E-state index in [1.807, 2.05) is 6.92 Å². The van der Waals surface area contributed by atoms with Gasteiger partial charge < -0.3 is 14.5 Å². The molecule has 0 bridgehead atoms. The Hall–Kier alpha value is -1.45. The van der Waals surface area contributed by atoms with E-state index in [9.17, 15) is 19.0 Å². The molecular formula is C11H17N3O5S. The molecule has 1 atom stereocenters. The molecule has 112 valence electrons. The molecule has 0 aliphatic carbocycles. The number of fused-ring (bicyclic) bond motifs is 1. The molecule has 0 spiro atoms. The van der Waals surface area contributed by atoms with Crippen LogP contribution >= 0.6 is 10.8 Å². The summed E-state index contributed by atoms with van der Waals surface area (Å²) in [7, 11) is -2.86.